The van der Waals surface area contributed by atoms with Crippen LogP contribution in [-0.4, -0.2) is 35.5 Å². The predicted molar refractivity (Wildman–Crippen MR) is 70.5 cm³/mol. The maximum Gasteiger partial charge on any atom is 0.282 e. The monoisotopic (exact) mass is 264 g/mol. The molecule has 1 saturated heterocycles. The fraction of sp³-hybridized carbons (Fsp3) is 0.462. The van der Waals surface area contributed by atoms with Crippen molar-refractivity contribution >= 4 is 17.2 Å². The number of nitro benzene ring substituents is 1. The number of carbonyl (C=O) groups is 1. The molecule has 1 fully saturated rings. The standard InChI is InChI=1S/C13H16N2O4/c1-9(17)12-3-2-11(6-13(12)15(18)19)14-5-4-10(7-14)8-16/h2-3,6,10,16H,4-5,7-8H2,1H3. The molecule has 1 N–H and O–H groups in total. The Labute approximate surface area is 110 Å². The topological polar surface area (TPSA) is 83.7 Å². The Morgan fingerprint density at radius 3 is 2.84 bits per heavy atom. The first-order valence-corrected chi connectivity index (χ1v) is 6.18. The summed E-state index contributed by atoms with van der Waals surface area (Å²) in [4.78, 5) is 23.8. The van der Waals surface area contributed by atoms with Crippen molar-refractivity contribution in [1.29, 1.82) is 0 Å². The van der Waals surface area contributed by atoms with E-state index in [0.717, 1.165) is 18.7 Å². The van der Waals surface area contributed by atoms with E-state index in [1.54, 1.807) is 6.07 Å². The van der Waals surface area contributed by atoms with E-state index in [1.807, 2.05) is 4.90 Å². The number of aliphatic hydroxyl groups is 1. The largest absolute Gasteiger partial charge is 0.396 e. The molecule has 1 heterocycles. The number of Topliss-reactive ketones (excluding diaryl/α,β-unsaturated/α-hetero) is 1. The van der Waals surface area contributed by atoms with Crippen molar-refractivity contribution in [2.45, 2.75) is 13.3 Å². The molecule has 1 unspecified atom stereocenters. The molecule has 19 heavy (non-hydrogen) atoms. The van der Waals surface area contributed by atoms with Crippen molar-refractivity contribution in [2.24, 2.45) is 5.92 Å². The smallest absolute Gasteiger partial charge is 0.282 e. The number of ketones is 1. The molecule has 1 aliphatic heterocycles. The van der Waals surface area contributed by atoms with Gasteiger partial charge in [-0.3, -0.25) is 14.9 Å². The molecule has 1 aliphatic rings. The van der Waals surface area contributed by atoms with Crippen molar-refractivity contribution in [3.05, 3.63) is 33.9 Å². The zero-order valence-electron chi connectivity index (χ0n) is 10.7. The van der Waals surface area contributed by atoms with Crippen LogP contribution in [0.5, 0.6) is 0 Å². The number of nitro groups is 1. The van der Waals surface area contributed by atoms with Gasteiger partial charge in [0, 0.05) is 37.4 Å². The van der Waals surface area contributed by atoms with Gasteiger partial charge >= 0.3 is 0 Å². The summed E-state index contributed by atoms with van der Waals surface area (Å²) in [6.45, 7) is 2.90. The zero-order chi connectivity index (χ0) is 14.0. The Bertz CT molecular complexity index is 515. The van der Waals surface area contributed by atoms with Crippen LogP contribution in [0, 0.1) is 16.0 Å². The number of hydrogen-bond donors (Lipinski definition) is 1. The van der Waals surface area contributed by atoms with Gasteiger partial charge in [-0.1, -0.05) is 0 Å². The zero-order valence-corrected chi connectivity index (χ0v) is 10.7. The van der Waals surface area contributed by atoms with Crippen LogP contribution in [0.1, 0.15) is 23.7 Å². The normalized spacial score (nSPS) is 18.6. The lowest BCUT2D eigenvalue weighted by Crippen LogP contribution is -2.20. The van der Waals surface area contributed by atoms with Crippen LogP contribution in [0.25, 0.3) is 0 Å². The van der Waals surface area contributed by atoms with E-state index in [2.05, 4.69) is 0 Å². The van der Waals surface area contributed by atoms with Crippen LogP contribution < -0.4 is 4.90 Å². The highest BCUT2D eigenvalue weighted by atomic mass is 16.6. The molecular weight excluding hydrogens is 248 g/mol. The van der Waals surface area contributed by atoms with E-state index in [0.29, 0.717) is 6.54 Å². The number of benzene rings is 1. The molecule has 0 bridgehead atoms. The highest BCUT2D eigenvalue weighted by Crippen LogP contribution is 2.29. The average molecular weight is 264 g/mol. The van der Waals surface area contributed by atoms with Crippen LogP contribution >= 0.6 is 0 Å². The van der Waals surface area contributed by atoms with Gasteiger partial charge in [0.15, 0.2) is 5.78 Å². The third-order valence-electron chi connectivity index (χ3n) is 3.47. The molecule has 0 aliphatic carbocycles. The van der Waals surface area contributed by atoms with Gasteiger partial charge in [0.1, 0.15) is 0 Å². The van der Waals surface area contributed by atoms with E-state index in [9.17, 15) is 14.9 Å². The average Bonchev–Trinajstić information content (AvgIpc) is 2.86. The summed E-state index contributed by atoms with van der Waals surface area (Å²) in [7, 11) is 0. The van der Waals surface area contributed by atoms with Crippen LogP contribution in [-0.2, 0) is 0 Å². The first kappa shape index (κ1) is 13.5. The minimum absolute atomic E-state index is 0.129. The van der Waals surface area contributed by atoms with Crippen LogP contribution in [0.15, 0.2) is 18.2 Å². The Hall–Kier alpha value is -1.95. The number of hydrogen-bond acceptors (Lipinski definition) is 5. The van der Waals surface area contributed by atoms with Crippen LogP contribution in [0.4, 0.5) is 11.4 Å². The summed E-state index contributed by atoms with van der Waals surface area (Å²) in [5, 5.41) is 20.1. The predicted octanol–water partition coefficient (Wildman–Crippen LogP) is 1.62. The van der Waals surface area contributed by atoms with Gasteiger partial charge in [0.2, 0.25) is 0 Å². The van der Waals surface area contributed by atoms with Gasteiger partial charge in [-0.15, -0.1) is 0 Å². The molecule has 0 amide bonds. The van der Waals surface area contributed by atoms with Gasteiger partial charge in [0.25, 0.3) is 5.69 Å². The molecule has 2 rings (SSSR count). The van der Waals surface area contributed by atoms with Crippen molar-refractivity contribution in [2.75, 3.05) is 24.6 Å². The van der Waals surface area contributed by atoms with Gasteiger partial charge in [-0.25, -0.2) is 0 Å². The molecule has 1 atom stereocenters. The van der Waals surface area contributed by atoms with Gasteiger partial charge in [0.05, 0.1) is 10.5 Å². The van der Waals surface area contributed by atoms with Gasteiger partial charge in [-0.2, -0.15) is 0 Å². The summed E-state index contributed by atoms with van der Waals surface area (Å²) in [6.07, 6.45) is 0.874. The highest BCUT2D eigenvalue weighted by Gasteiger charge is 2.25. The number of carbonyl (C=O) groups excluding carboxylic acids is 1. The minimum Gasteiger partial charge on any atom is -0.396 e. The Kier molecular flexibility index (Phi) is 3.80. The molecule has 6 heteroatoms. The molecule has 0 saturated carbocycles. The lowest BCUT2D eigenvalue weighted by Gasteiger charge is -2.18. The second-order valence-corrected chi connectivity index (χ2v) is 4.80. The summed E-state index contributed by atoms with van der Waals surface area (Å²) in [5.74, 6) is -0.0977. The summed E-state index contributed by atoms with van der Waals surface area (Å²) in [5.41, 5.74) is 0.705. The summed E-state index contributed by atoms with van der Waals surface area (Å²) >= 11 is 0. The van der Waals surface area contributed by atoms with Crippen LogP contribution in [0.3, 0.4) is 0 Å². The number of rotatable bonds is 4. The summed E-state index contributed by atoms with van der Waals surface area (Å²) in [6, 6.07) is 4.67. The van der Waals surface area contributed by atoms with Crippen molar-refractivity contribution in [3.8, 4) is 0 Å². The molecular formula is C13H16N2O4. The number of nitrogens with zero attached hydrogens (tertiary/aromatic N) is 2. The third-order valence-corrected chi connectivity index (χ3v) is 3.47. The van der Waals surface area contributed by atoms with Crippen molar-refractivity contribution in [3.63, 3.8) is 0 Å². The first-order chi connectivity index (χ1) is 9.02. The maximum atomic E-state index is 11.4. The fourth-order valence-electron chi connectivity index (χ4n) is 2.38. The van der Waals surface area contributed by atoms with E-state index < -0.39 is 4.92 Å². The maximum absolute atomic E-state index is 11.4. The minimum atomic E-state index is -0.528. The molecule has 1 aromatic carbocycles. The van der Waals surface area contributed by atoms with Gasteiger partial charge in [-0.05, 0) is 25.5 Å². The molecule has 102 valence electrons. The molecule has 0 spiro atoms. The van der Waals surface area contributed by atoms with E-state index in [-0.39, 0.29) is 29.6 Å². The van der Waals surface area contributed by atoms with Crippen molar-refractivity contribution < 1.29 is 14.8 Å². The summed E-state index contributed by atoms with van der Waals surface area (Å²) < 4.78 is 0. The molecule has 0 radical (unpaired) electrons. The lowest BCUT2D eigenvalue weighted by atomic mass is 10.1. The Balaban J connectivity index is 2.31. The third kappa shape index (κ3) is 2.73. The quantitative estimate of drug-likeness (QED) is 0.507. The fourth-order valence-corrected chi connectivity index (χ4v) is 2.38. The number of aliphatic hydroxyl groups excluding tert-OH is 1. The molecule has 1 aromatic rings. The second-order valence-electron chi connectivity index (χ2n) is 4.80. The Morgan fingerprint density at radius 1 is 1.58 bits per heavy atom. The van der Waals surface area contributed by atoms with Gasteiger partial charge < -0.3 is 10.0 Å². The van der Waals surface area contributed by atoms with Crippen molar-refractivity contribution in [1.82, 2.24) is 0 Å². The second kappa shape index (κ2) is 5.36. The van der Waals surface area contributed by atoms with Crippen LogP contribution in [0.2, 0.25) is 0 Å². The van der Waals surface area contributed by atoms with E-state index >= 15 is 0 Å². The SMILES string of the molecule is CC(=O)c1ccc(N2CCC(CO)C2)cc1[N+](=O)[O-]. The van der Waals surface area contributed by atoms with E-state index in [1.165, 1.54) is 19.1 Å². The highest BCUT2D eigenvalue weighted by molar-refractivity contribution is 5.98. The molecule has 6 nitrogen and oxygen atoms in total. The van der Waals surface area contributed by atoms with E-state index in [4.69, 9.17) is 5.11 Å². The number of anilines is 1. The molecule has 0 aromatic heterocycles. The Morgan fingerprint density at radius 2 is 2.32 bits per heavy atom. The lowest BCUT2D eigenvalue weighted by molar-refractivity contribution is -0.385. The first-order valence-electron chi connectivity index (χ1n) is 6.18.